The fraction of sp³-hybridized carbons (Fsp3) is 0.125. The van der Waals surface area contributed by atoms with Crippen molar-refractivity contribution in [3.63, 3.8) is 0 Å². The molecule has 2 heterocycles. The topological polar surface area (TPSA) is 121 Å². The first-order valence-electron chi connectivity index (χ1n) is 4.43. The number of nitrogen functional groups attached to an aromatic ring is 1. The molecule has 0 bridgehead atoms. The third-order valence-electron chi connectivity index (χ3n) is 1.78. The van der Waals surface area contributed by atoms with E-state index in [4.69, 9.17) is 10.2 Å². The summed E-state index contributed by atoms with van der Waals surface area (Å²) in [5.41, 5.74) is 5.76. The lowest BCUT2D eigenvalue weighted by atomic mass is 10.5. The van der Waals surface area contributed by atoms with Crippen LogP contribution < -0.4 is 5.73 Å². The Bertz CT molecular complexity index is 570. The molecule has 0 aliphatic rings. The zero-order valence-corrected chi connectivity index (χ0v) is 9.47. The lowest BCUT2D eigenvalue weighted by molar-refractivity contribution is -0.387. The van der Waals surface area contributed by atoms with Crippen LogP contribution in [0.2, 0.25) is 0 Å². The van der Waals surface area contributed by atoms with Crippen LogP contribution in [0.1, 0.15) is 5.69 Å². The first-order valence-corrected chi connectivity index (χ1v) is 5.24. The second kappa shape index (κ2) is 4.37. The maximum Gasteiger partial charge on any atom is 0.343 e. The standard InChI is InChI=1S/C8H7N5O3S/c1-4-2-16-8(12-4)17-7-5(13(14)15)6(9)10-3-11-7/h2-3H,1H3,(H2,9,10,11). The van der Waals surface area contributed by atoms with Crippen molar-refractivity contribution in [3.8, 4) is 0 Å². The molecule has 0 saturated carbocycles. The van der Waals surface area contributed by atoms with Gasteiger partial charge in [-0.3, -0.25) is 10.1 Å². The lowest BCUT2D eigenvalue weighted by Gasteiger charge is -1.99. The van der Waals surface area contributed by atoms with Crippen LogP contribution in [-0.2, 0) is 0 Å². The predicted molar refractivity (Wildman–Crippen MR) is 58.5 cm³/mol. The first-order chi connectivity index (χ1) is 8.08. The van der Waals surface area contributed by atoms with Gasteiger partial charge in [0.1, 0.15) is 12.6 Å². The first kappa shape index (κ1) is 11.3. The number of anilines is 1. The smallest absolute Gasteiger partial charge is 0.343 e. The van der Waals surface area contributed by atoms with E-state index >= 15 is 0 Å². The number of nitrogens with two attached hydrogens (primary N) is 1. The van der Waals surface area contributed by atoms with Crippen molar-refractivity contribution in [2.45, 2.75) is 17.2 Å². The van der Waals surface area contributed by atoms with E-state index in [1.165, 1.54) is 6.26 Å². The third kappa shape index (κ3) is 2.33. The van der Waals surface area contributed by atoms with Gasteiger partial charge in [0.25, 0.3) is 5.22 Å². The average Bonchev–Trinajstić information content (AvgIpc) is 2.63. The Morgan fingerprint density at radius 3 is 2.88 bits per heavy atom. The molecule has 0 aliphatic heterocycles. The van der Waals surface area contributed by atoms with Gasteiger partial charge in [0.15, 0.2) is 5.03 Å². The Morgan fingerprint density at radius 2 is 2.29 bits per heavy atom. The molecule has 0 saturated heterocycles. The second-order valence-electron chi connectivity index (χ2n) is 3.03. The van der Waals surface area contributed by atoms with Gasteiger partial charge >= 0.3 is 5.69 Å². The summed E-state index contributed by atoms with van der Waals surface area (Å²) in [6.45, 7) is 1.75. The van der Waals surface area contributed by atoms with Crippen LogP contribution >= 0.6 is 11.8 Å². The zero-order chi connectivity index (χ0) is 12.4. The maximum atomic E-state index is 10.8. The molecule has 2 N–H and O–H groups in total. The predicted octanol–water partition coefficient (Wildman–Crippen LogP) is 1.41. The number of aromatic nitrogens is 3. The highest BCUT2D eigenvalue weighted by Crippen LogP contribution is 2.34. The summed E-state index contributed by atoms with van der Waals surface area (Å²) in [4.78, 5) is 21.6. The van der Waals surface area contributed by atoms with E-state index in [9.17, 15) is 10.1 Å². The largest absolute Gasteiger partial charge is 0.439 e. The van der Waals surface area contributed by atoms with E-state index in [0.717, 1.165) is 18.1 Å². The maximum absolute atomic E-state index is 10.8. The van der Waals surface area contributed by atoms with Gasteiger partial charge in [-0.05, 0) is 18.7 Å². The minimum absolute atomic E-state index is 0.101. The van der Waals surface area contributed by atoms with Crippen molar-refractivity contribution >= 4 is 23.3 Å². The van der Waals surface area contributed by atoms with E-state index in [1.807, 2.05) is 0 Å². The highest BCUT2D eigenvalue weighted by Gasteiger charge is 2.23. The molecule has 8 nitrogen and oxygen atoms in total. The van der Waals surface area contributed by atoms with Gasteiger partial charge in [0, 0.05) is 0 Å². The number of nitro groups is 1. The van der Waals surface area contributed by atoms with E-state index in [-0.39, 0.29) is 21.8 Å². The summed E-state index contributed by atoms with van der Waals surface area (Å²) in [6, 6.07) is 0. The fourth-order valence-electron chi connectivity index (χ4n) is 1.08. The van der Waals surface area contributed by atoms with Crippen molar-refractivity contribution in [1.82, 2.24) is 15.0 Å². The SMILES string of the molecule is Cc1coc(Sc2ncnc(N)c2[N+](=O)[O-])n1. The van der Waals surface area contributed by atoms with E-state index in [0.29, 0.717) is 5.69 Å². The number of hydrogen-bond acceptors (Lipinski definition) is 8. The molecule has 9 heteroatoms. The van der Waals surface area contributed by atoms with Crippen LogP contribution in [-0.4, -0.2) is 19.9 Å². The van der Waals surface area contributed by atoms with E-state index < -0.39 is 4.92 Å². The zero-order valence-electron chi connectivity index (χ0n) is 8.65. The molecule has 2 rings (SSSR count). The van der Waals surface area contributed by atoms with Crippen LogP contribution in [0.3, 0.4) is 0 Å². The molecule has 0 amide bonds. The molecule has 0 aliphatic carbocycles. The van der Waals surface area contributed by atoms with Crippen molar-refractivity contribution in [2.24, 2.45) is 0 Å². The summed E-state index contributed by atoms with van der Waals surface area (Å²) in [5.74, 6) is -0.184. The van der Waals surface area contributed by atoms with Gasteiger partial charge in [-0.1, -0.05) is 0 Å². The highest BCUT2D eigenvalue weighted by atomic mass is 32.2. The van der Waals surface area contributed by atoms with Gasteiger partial charge in [0.2, 0.25) is 5.82 Å². The van der Waals surface area contributed by atoms with Crippen molar-refractivity contribution < 1.29 is 9.34 Å². The van der Waals surface area contributed by atoms with Crippen LogP contribution in [0.25, 0.3) is 0 Å². The van der Waals surface area contributed by atoms with Crippen molar-refractivity contribution in [1.29, 1.82) is 0 Å². The number of nitrogens with zero attached hydrogens (tertiary/aromatic N) is 4. The number of aryl methyl sites for hydroxylation is 1. The molecule has 0 aromatic carbocycles. The monoisotopic (exact) mass is 253 g/mol. The summed E-state index contributed by atoms with van der Waals surface area (Å²) in [7, 11) is 0. The summed E-state index contributed by atoms with van der Waals surface area (Å²) in [5, 5.41) is 11.2. The molecule has 0 unspecified atom stereocenters. The number of hydrogen-bond donors (Lipinski definition) is 1. The van der Waals surface area contributed by atoms with E-state index in [2.05, 4.69) is 15.0 Å². The van der Waals surface area contributed by atoms with Gasteiger partial charge in [-0.15, -0.1) is 0 Å². The number of oxazole rings is 1. The van der Waals surface area contributed by atoms with E-state index in [1.54, 1.807) is 6.92 Å². The molecule has 0 fully saturated rings. The normalized spacial score (nSPS) is 10.4. The second-order valence-corrected chi connectivity index (χ2v) is 3.97. The highest BCUT2D eigenvalue weighted by molar-refractivity contribution is 7.99. The summed E-state index contributed by atoms with van der Waals surface area (Å²) in [6.07, 6.45) is 2.60. The Labute approximate surface area is 99.4 Å². The van der Waals surface area contributed by atoms with Crippen LogP contribution in [0.4, 0.5) is 11.5 Å². The molecule has 0 spiro atoms. The summed E-state index contributed by atoms with van der Waals surface area (Å²) >= 11 is 0.927. The van der Waals surface area contributed by atoms with Crippen molar-refractivity contribution in [2.75, 3.05) is 5.73 Å². The Hall–Kier alpha value is -2.16. The molecule has 88 valence electrons. The number of rotatable bonds is 3. The molecule has 2 aromatic rings. The molecular formula is C8H7N5O3S. The van der Waals surface area contributed by atoms with Crippen molar-refractivity contribution in [3.05, 3.63) is 28.4 Å². The third-order valence-corrected chi connectivity index (χ3v) is 2.64. The quantitative estimate of drug-likeness (QED) is 0.495. The Balaban J connectivity index is 2.39. The molecule has 0 radical (unpaired) electrons. The molecule has 2 aromatic heterocycles. The van der Waals surface area contributed by atoms with Gasteiger partial charge in [-0.25, -0.2) is 15.0 Å². The Morgan fingerprint density at radius 1 is 1.53 bits per heavy atom. The van der Waals surface area contributed by atoms with Gasteiger partial charge in [-0.2, -0.15) is 0 Å². The molecule has 0 atom stereocenters. The minimum atomic E-state index is -0.631. The Kier molecular flexibility index (Phi) is 2.91. The fourth-order valence-corrected chi connectivity index (χ4v) is 1.91. The van der Waals surface area contributed by atoms with Gasteiger partial charge in [0.05, 0.1) is 10.6 Å². The molecule has 17 heavy (non-hydrogen) atoms. The average molecular weight is 253 g/mol. The minimum Gasteiger partial charge on any atom is -0.439 e. The van der Waals surface area contributed by atoms with Gasteiger partial charge < -0.3 is 10.2 Å². The van der Waals surface area contributed by atoms with Crippen LogP contribution in [0.5, 0.6) is 0 Å². The molecular weight excluding hydrogens is 246 g/mol. The van der Waals surface area contributed by atoms with Crippen LogP contribution in [0, 0.1) is 17.0 Å². The van der Waals surface area contributed by atoms with Crippen LogP contribution in [0.15, 0.2) is 27.3 Å². The lowest BCUT2D eigenvalue weighted by Crippen LogP contribution is -2.01. The summed E-state index contributed by atoms with van der Waals surface area (Å²) < 4.78 is 5.07.